The molecule has 1 aromatic rings. The molecule has 170 valence electrons. The summed E-state index contributed by atoms with van der Waals surface area (Å²) in [6, 6.07) is 1.75. The average Bonchev–Trinajstić information content (AvgIpc) is 3.49. The van der Waals surface area contributed by atoms with Crippen molar-refractivity contribution in [2.45, 2.75) is 75.2 Å². The molecule has 0 aromatic heterocycles. The van der Waals surface area contributed by atoms with Crippen LogP contribution >= 0.6 is 0 Å². The topological polar surface area (TPSA) is 63.1 Å². The number of carbonyl (C=O) groups excluding carboxylic acids is 1. The highest BCUT2D eigenvalue weighted by atomic mass is 19.4. The molecular formula is C22H26F5N3O. The minimum Gasteiger partial charge on any atom is -0.360 e. The van der Waals surface area contributed by atoms with E-state index in [1.165, 1.54) is 24.3 Å². The summed E-state index contributed by atoms with van der Waals surface area (Å²) in [5, 5.41) is 7.83. The Morgan fingerprint density at radius 1 is 1.16 bits per heavy atom. The van der Waals surface area contributed by atoms with Crippen molar-refractivity contribution in [3.8, 4) is 0 Å². The van der Waals surface area contributed by atoms with E-state index in [4.69, 9.17) is 0 Å². The lowest BCUT2D eigenvalue weighted by Gasteiger charge is -2.30. The van der Waals surface area contributed by atoms with Gasteiger partial charge in [0, 0.05) is 19.0 Å². The van der Waals surface area contributed by atoms with E-state index >= 15 is 0 Å². The normalized spacial score (nSPS) is 21.5. The molecule has 3 aliphatic rings. The number of halogens is 5. The Morgan fingerprint density at radius 3 is 2.26 bits per heavy atom. The number of alkyl halides is 5. The van der Waals surface area contributed by atoms with Crippen molar-refractivity contribution in [3.05, 3.63) is 47.3 Å². The molecule has 0 saturated heterocycles. The van der Waals surface area contributed by atoms with E-state index in [1.807, 2.05) is 0 Å². The maximum Gasteiger partial charge on any atom is 0.407 e. The zero-order chi connectivity index (χ0) is 22.4. The van der Waals surface area contributed by atoms with E-state index in [2.05, 4.69) is 16.0 Å². The van der Waals surface area contributed by atoms with Crippen molar-refractivity contribution in [1.82, 2.24) is 16.0 Å². The van der Waals surface area contributed by atoms with E-state index in [-0.39, 0.29) is 11.5 Å². The highest BCUT2D eigenvalue weighted by Gasteiger charge is 2.53. The molecule has 1 heterocycles. The number of rotatable bonds is 10. The Bertz CT molecular complexity index is 857. The molecule has 3 N–H and O–H groups in total. The molecule has 2 aliphatic carbocycles. The standard InChI is InChI=1S/C22H26F5N3O/c1-13-2-6-15(7-3-13)18(22(25,26)27)29-16(11-21(23,24)10-14-4-5-14)19(31)30-20(8-9-20)17-12-28-17/h2-3,6-7,12,14,16,18,28-29H,4-5,8-11H2,1H3,(H,30,31)/t16-,18-/m0/s1. The lowest BCUT2D eigenvalue weighted by Crippen LogP contribution is -2.54. The second kappa shape index (κ2) is 7.76. The zero-order valence-corrected chi connectivity index (χ0v) is 17.2. The molecule has 0 unspecified atom stereocenters. The minimum atomic E-state index is -4.75. The van der Waals surface area contributed by atoms with Gasteiger partial charge >= 0.3 is 6.18 Å². The van der Waals surface area contributed by atoms with Crippen molar-refractivity contribution in [2.24, 2.45) is 5.92 Å². The summed E-state index contributed by atoms with van der Waals surface area (Å²) in [7, 11) is 0. The summed E-state index contributed by atoms with van der Waals surface area (Å²) < 4.78 is 70.9. The quantitative estimate of drug-likeness (QED) is 0.468. The van der Waals surface area contributed by atoms with Crippen molar-refractivity contribution in [1.29, 1.82) is 0 Å². The first-order chi connectivity index (χ1) is 14.5. The highest BCUT2D eigenvalue weighted by molar-refractivity contribution is 5.84. The Morgan fingerprint density at radius 2 is 1.77 bits per heavy atom. The van der Waals surface area contributed by atoms with E-state index in [0.29, 0.717) is 25.7 Å². The van der Waals surface area contributed by atoms with Crippen LogP contribution in [0.25, 0.3) is 0 Å². The number of benzene rings is 1. The van der Waals surface area contributed by atoms with Gasteiger partial charge in [-0.2, -0.15) is 13.2 Å². The number of hydrogen-bond acceptors (Lipinski definition) is 3. The molecule has 2 saturated carbocycles. The van der Waals surface area contributed by atoms with Crippen molar-refractivity contribution in [2.75, 3.05) is 0 Å². The lowest BCUT2D eigenvalue weighted by molar-refractivity contribution is -0.163. The van der Waals surface area contributed by atoms with Crippen LogP contribution in [-0.4, -0.2) is 29.6 Å². The molecule has 4 nitrogen and oxygen atoms in total. The third-order valence-electron chi connectivity index (χ3n) is 6.13. The fourth-order valence-corrected chi connectivity index (χ4v) is 3.92. The van der Waals surface area contributed by atoms with Crippen molar-refractivity contribution < 1.29 is 26.7 Å². The Balaban J connectivity index is 1.55. The summed E-state index contributed by atoms with van der Waals surface area (Å²) >= 11 is 0. The SMILES string of the molecule is Cc1ccc([C@H](N[C@@H](CC(F)(F)CC2CC2)C(=O)NC2(C3=CN3)CC2)C(F)(F)F)cc1. The first kappa shape index (κ1) is 22.0. The fourth-order valence-electron chi connectivity index (χ4n) is 3.92. The molecule has 4 rings (SSSR count). The van der Waals surface area contributed by atoms with Crippen LogP contribution in [-0.2, 0) is 4.79 Å². The molecule has 2 atom stereocenters. The van der Waals surface area contributed by atoms with Crippen LogP contribution in [0.4, 0.5) is 22.0 Å². The molecule has 2 fully saturated rings. The van der Waals surface area contributed by atoms with Crippen LogP contribution < -0.4 is 16.0 Å². The summed E-state index contributed by atoms with van der Waals surface area (Å²) in [6.45, 7) is 1.74. The maximum atomic E-state index is 14.6. The van der Waals surface area contributed by atoms with E-state index in [9.17, 15) is 26.7 Å². The first-order valence-corrected chi connectivity index (χ1v) is 10.5. The first-order valence-electron chi connectivity index (χ1n) is 10.5. The number of aryl methyl sites for hydroxylation is 1. The van der Waals surface area contributed by atoms with Gasteiger partial charge in [0.2, 0.25) is 11.8 Å². The molecule has 0 spiro atoms. The second-order valence-corrected chi connectivity index (χ2v) is 9.09. The monoisotopic (exact) mass is 443 g/mol. The lowest BCUT2D eigenvalue weighted by atomic mass is 9.98. The van der Waals surface area contributed by atoms with Gasteiger partial charge in [-0.3, -0.25) is 10.1 Å². The third kappa shape index (κ3) is 5.56. The Hall–Kier alpha value is -2.16. The van der Waals surface area contributed by atoms with Crippen LogP contribution in [0.2, 0.25) is 0 Å². The summed E-state index contributed by atoms with van der Waals surface area (Å²) in [5.41, 5.74) is 0.792. The van der Waals surface area contributed by atoms with Gasteiger partial charge in [-0.25, -0.2) is 8.78 Å². The van der Waals surface area contributed by atoms with Gasteiger partial charge in [-0.05, 0) is 44.1 Å². The van der Waals surface area contributed by atoms with Gasteiger partial charge < -0.3 is 10.6 Å². The summed E-state index contributed by atoms with van der Waals surface area (Å²) in [6.07, 6.45) is -1.80. The largest absolute Gasteiger partial charge is 0.407 e. The molecule has 0 bridgehead atoms. The van der Waals surface area contributed by atoms with Crippen LogP contribution in [0.3, 0.4) is 0 Å². The molecule has 9 heteroatoms. The van der Waals surface area contributed by atoms with Crippen LogP contribution in [0, 0.1) is 12.8 Å². The molecule has 0 radical (unpaired) electrons. The van der Waals surface area contributed by atoms with E-state index in [1.54, 1.807) is 13.1 Å². The minimum absolute atomic E-state index is 0.117. The summed E-state index contributed by atoms with van der Waals surface area (Å²) in [5.74, 6) is -4.18. The Labute approximate surface area is 177 Å². The van der Waals surface area contributed by atoms with Crippen LogP contribution in [0.15, 0.2) is 36.2 Å². The smallest absolute Gasteiger partial charge is 0.360 e. The number of carbonyl (C=O) groups is 1. The van der Waals surface area contributed by atoms with Gasteiger partial charge in [0.15, 0.2) is 0 Å². The predicted molar refractivity (Wildman–Crippen MR) is 105 cm³/mol. The number of amides is 1. The average molecular weight is 443 g/mol. The van der Waals surface area contributed by atoms with Crippen molar-refractivity contribution in [3.63, 3.8) is 0 Å². The van der Waals surface area contributed by atoms with Gasteiger partial charge in [0.05, 0.1) is 17.3 Å². The number of nitrogens with one attached hydrogen (secondary N) is 3. The fraction of sp³-hybridized carbons (Fsp3) is 0.591. The summed E-state index contributed by atoms with van der Waals surface area (Å²) in [4.78, 5) is 12.9. The van der Waals surface area contributed by atoms with Crippen LogP contribution in [0.5, 0.6) is 0 Å². The molecular weight excluding hydrogens is 417 g/mol. The molecule has 1 aliphatic heterocycles. The molecule has 1 amide bonds. The Kier molecular flexibility index (Phi) is 5.52. The van der Waals surface area contributed by atoms with Crippen molar-refractivity contribution >= 4 is 5.91 Å². The van der Waals surface area contributed by atoms with E-state index in [0.717, 1.165) is 11.3 Å². The van der Waals surface area contributed by atoms with Gasteiger partial charge in [-0.1, -0.05) is 29.8 Å². The second-order valence-electron chi connectivity index (χ2n) is 9.09. The predicted octanol–water partition coefficient (Wildman–Crippen LogP) is 4.48. The highest BCUT2D eigenvalue weighted by Crippen LogP contribution is 2.45. The molecule has 31 heavy (non-hydrogen) atoms. The number of hydrogen-bond donors (Lipinski definition) is 3. The van der Waals surface area contributed by atoms with Gasteiger partial charge in [0.1, 0.15) is 6.04 Å². The van der Waals surface area contributed by atoms with E-state index < -0.39 is 48.5 Å². The third-order valence-corrected chi connectivity index (χ3v) is 6.13. The van der Waals surface area contributed by atoms with Gasteiger partial charge in [-0.15, -0.1) is 0 Å². The van der Waals surface area contributed by atoms with Crippen LogP contribution in [0.1, 0.15) is 55.7 Å². The zero-order valence-electron chi connectivity index (χ0n) is 17.2. The maximum absolute atomic E-state index is 14.6. The van der Waals surface area contributed by atoms with Gasteiger partial charge in [0.25, 0.3) is 0 Å². The molecule has 1 aromatic carbocycles.